The van der Waals surface area contributed by atoms with Crippen molar-refractivity contribution < 1.29 is 27.0 Å². The van der Waals surface area contributed by atoms with Gasteiger partial charge in [0.05, 0.1) is 11.5 Å². The van der Waals surface area contributed by atoms with E-state index in [1.807, 2.05) is 6.92 Å². The number of unbranched alkanes of at least 4 members (excludes halogenated alkanes) is 2. The lowest BCUT2D eigenvalue weighted by molar-refractivity contribution is 0.0526. The summed E-state index contributed by atoms with van der Waals surface area (Å²) in [5.74, 6) is 0. The molecule has 0 aliphatic carbocycles. The normalized spacial score (nSPS) is 12.6. The van der Waals surface area contributed by atoms with Gasteiger partial charge in [-0.25, -0.2) is 13.2 Å². The van der Waals surface area contributed by atoms with E-state index in [2.05, 4.69) is 5.32 Å². The number of sulfonamides is 1. The van der Waals surface area contributed by atoms with E-state index in [-0.39, 0.29) is 4.90 Å². The van der Waals surface area contributed by atoms with Crippen molar-refractivity contribution in [1.82, 2.24) is 9.62 Å². The number of aryl methyl sites for hydroxylation is 1. The Bertz CT molecular complexity index is 822. The lowest BCUT2D eigenvalue weighted by atomic mass is 10.2. The van der Waals surface area contributed by atoms with Crippen molar-refractivity contribution in [2.45, 2.75) is 70.8 Å². The summed E-state index contributed by atoms with van der Waals surface area (Å²) in [7, 11) is -5.33. The van der Waals surface area contributed by atoms with Crippen LogP contribution in [0.1, 0.15) is 58.9 Å². The van der Waals surface area contributed by atoms with Gasteiger partial charge in [0.1, 0.15) is 5.60 Å². The molecule has 0 saturated carbocycles. The Balaban J connectivity index is 2.64. The zero-order valence-electron chi connectivity index (χ0n) is 19.9. The Kier molecular flexibility index (Phi) is 12.4. The third kappa shape index (κ3) is 11.4. The second-order valence-corrected chi connectivity index (χ2v) is 11.8. The second kappa shape index (κ2) is 13.9. The molecule has 0 fully saturated rings. The van der Waals surface area contributed by atoms with E-state index in [0.29, 0.717) is 58.1 Å². The zero-order chi connectivity index (χ0) is 24.2. The molecule has 0 heterocycles. The molecule has 1 atom stereocenters. The van der Waals surface area contributed by atoms with Crippen LogP contribution in [-0.2, 0) is 23.8 Å². The molecular weight excluding hydrogens is 451 g/mol. The predicted molar refractivity (Wildman–Crippen MR) is 127 cm³/mol. The van der Waals surface area contributed by atoms with Crippen LogP contribution in [0.15, 0.2) is 29.2 Å². The van der Waals surface area contributed by atoms with Gasteiger partial charge in [0.15, 0.2) is 6.16 Å². The molecule has 0 radical (unpaired) electrons. The molecule has 1 amide bonds. The minimum Gasteiger partial charge on any atom is -0.444 e. The molecule has 0 bridgehead atoms. The monoisotopic (exact) mass is 489 g/mol. The van der Waals surface area contributed by atoms with Crippen molar-refractivity contribution in [3.05, 3.63) is 29.8 Å². The van der Waals surface area contributed by atoms with E-state index >= 15 is 0 Å². The quantitative estimate of drug-likeness (QED) is 0.296. The first-order chi connectivity index (χ1) is 15.0. The summed E-state index contributed by atoms with van der Waals surface area (Å²) >= 11 is 0. The lowest BCUT2D eigenvalue weighted by Gasteiger charge is -2.22. The van der Waals surface area contributed by atoms with E-state index in [1.165, 1.54) is 4.31 Å². The SMILES string of the molecule is CCO[P+](=O)CCCCN(CCCCNC(=O)OC(C)(C)C)S(=O)(=O)c1ccc(C)cc1. The van der Waals surface area contributed by atoms with E-state index in [0.717, 1.165) is 5.56 Å². The first-order valence-electron chi connectivity index (χ1n) is 11.1. The van der Waals surface area contributed by atoms with Gasteiger partial charge in [-0.3, -0.25) is 0 Å². The third-order valence-corrected chi connectivity index (χ3v) is 7.57. The highest BCUT2D eigenvalue weighted by atomic mass is 32.2. The van der Waals surface area contributed by atoms with Crippen molar-refractivity contribution >= 4 is 24.1 Å². The number of amides is 1. The Labute approximate surface area is 194 Å². The first kappa shape index (κ1) is 28.5. The molecule has 0 spiro atoms. The summed E-state index contributed by atoms with van der Waals surface area (Å²) < 4.78 is 49.7. The number of nitrogens with one attached hydrogen (secondary N) is 1. The number of ether oxygens (including phenoxy) is 1. The summed E-state index contributed by atoms with van der Waals surface area (Å²) in [6.07, 6.45) is 2.36. The Morgan fingerprint density at radius 1 is 1.06 bits per heavy atom. The van der Waals surface area contributed by atoms with Crippen LogP contribution in [0.2, 0.25) is 0 Å². The fourth-order valence-corrected chi connectivity index (χ4v) is 5.28. The number of carbonyl (C=O) groups excluding carboxylic acids is 1. The highest BCUT2D eigenvalue weighted by Crippen LogP contribution is 2.24. The highest BCUT2D eigenvalue weighted by molar-refractivity contribution is 7.89. The lowest BCUT2D eigenvalue weighted by Crippen LogP contribution is -2.35. The molecule has 1 N–H and O–H groups in total. The zero-order valence-corrected chi connectivity index (χ0v) is 21.6. The number of hydrogen-bond acceptors (Lipinski definition) is 6. The molecule has 1 aromatic rings. The van der Waals surface area contributed by atoms with Gasteiger partial charge in [-0.05, 0) is 77.0 Å². The van der Waals surface area contributed by atoms with E-state index < -0.39 is 29.7 Å². The summed E-state index contributed by atoms with van der Waals surface area (Å²) in [5, 5.41) is 2.69. The van der Waals surface area contributed by atoms with Gasteiger partial charge in [0.25, 0.3) is 0 Å². The molecule has 32 heavy (non-hydrogen) atoms. The fraction of sp³-hybridized carbons (Fsp3) is 0.682. The summed E-state index contributed by atoms with van der Waals surface area (Å²) in [5.41, 5.74) is 0.429. The van der Waals surface area contributed by atoms with Crippen LogP contribution >= 0.6 is 8.03 Å². The molecular formula is C22H38N2O6PS+. The van der Waals surface area contributed by atoms with Crippen LogP contribution in [-0.4, -0.2) is 56.8 Å². The highest BCUT2D eigenvalue weighted by Gasteiger charge is 2.24. The standard InChI is InChI=1S/C22H37N2O6PS/c1-6-29-31(26)18-10-9-17-24(32(27,28)20-13-11-19(2)12-14-20)16-8-7-15-23-21(25)30-22(3,4)5/h11-14H,6-10,15-18H2,1-5H3/p+1. The molecule has 0 saturated heterocycles. The van der Waals surface area contributed by atoms with Crippen LogP contribution < -0.4 is 5.32 Å². The number of nitrogens with zero attached hydrogens (tertiary/aromatic N) is 1. The van der Waals surface area contributed by atoms with E-state index in [1.54, 1.807) is 52.0 Å². The maximum atomic E-state index is 13.2. The van der Waals surface area contributed by atoms with E-state index in [4.69, 9.17) is 9.26 Å². The average molecular weight is 490 g/mol. The minimum atomic E-state index is -3.64. The summed E-state index contributed by atoms with van der Waals surface area (Å²) in [4.78, 5) is 12.0. The maximum absolute atomic E-state index is 13.2. The largest absolute Gasteiger partial charge is 0.508 e. The molecule has 0 aliphatic heterocycles. The molecule has 182 valence electrons. The minimum absolute atomic E-state index is 0.260. The third-order valence-electron chi connectivity index (χ3n) is 4.43. The van der Waals surface area contributed by atoms with Crippen LogP contribution in [0.4, 0.5) is 4.79 Å². The van der Waals surface area contributed by atoms with Gasteiger partial charge in [0.2, 0.25) is 10.0 Å². The van der Waals surface area contributed by atoms with Crippen molar-refractivity contribution in [2.75, 3.05) is 32.4 Å². The van der Waals surface area contributed by atoms with Gasteiger partial charge in [-0.2, -0.15) is 4.31 Å². The fourth-order valence-electron chi connectivity index (χ4n) is 2.87. The van der Waals surface area contributed by atoms with Gasteiger partial charge >= 0.3 is 14.1 Å². The van der Waals surface area contributed by atoms with Gasteiger partial charge in [-0.1, -0.05) is 17.7 Å². The summed E-state index contributed by atoms with van der Waals surface area (Å²) in [6.45, 7) is 10.6. The van der Waals surface area contributed by atoms with Gasteiger partial charge in [0, 0.05) is 19.6 Å². The number of rotatable bonds is 14. The number of hydrogen-bond donors (Lipinski definition) is 1. The van der Waals surface area contributed by atoms with Gasteiger partial charge in [-0.15, -0.1) is 4.52 Å². The van der Waals surface area contributed by atoms with Crippen LogP contribution in [0.3, 0.4) is 0 Å². The maximum Gasteiger partial charge on any atom is 0.508 e. The van der Waals surface area contributed by atoms with E-state index in [9.17, 15) is 17.8 Å². The Morgan fingerprint density at radius 2 is 1.66 bits per heavy atom. The van der Waals surface area contributed by atoms with Crippen LogP contribution in [0.5, 0.6) is 0 Å². The molecule has 0 aromatic heterocycles. The van der Waals surface area contributed by atoms with Gasteiger partial charge < -0.3 is 10.1 Å². The van der Waals surface area contributed by atoms with Crippen molar-refractivity contribution in [3.8, 4) is 0 Å². The molecule has 1 rings (SSSR count). The molecule has 1 aromatic carbocycles. The smallest absolute Gasteiger partial charge is 0.444 e. The number of alkyl carbamates (subject to hydrolysis) is 1. The van der Waals surface area contributed by atoms with Crippen LogP contribution in [0, 0.1) is 6.92 Å². The topological polar surface area (TPSA) is 102 Å². The molecule has 10 heteroatoms. The van der Waals surface area contributed by atoms with Crippen molar-refractivity contribution in [2.24, 2.45) is 0 Å². The van der Waals surface area contributed by atoms with Crippen LogP contribution in [0.25, 0.3) is 0 Å². The number of carbonyl (C=O) groups is 1. The predicted octanol–water partition coefficient (Wildman–Crippen LogP) is 4.85. The Hall–Kier alpha value is -1.54. The second-order valence-electron chi connectivity index (χ2n) is 8.53. The molecule has 1 unspecified atom stereocenters. The first-order valence-corrected chi connectivity index (χ1v) is 13.9. The molecule has 8 nitrogen and oxygen atoms in total. The summed E-state index contributed by atoms with van der Waals surface area (Å²) in [6, 6.07) is 6.80. The Morgan fingerprint density at radius 3 is 2.22 bits per heavy atom. The molecule has 0 aliphatic rings. The van der Waals surface area contributed by atoms with Crippen molar-refractivity contribution in [1.29, 1.82) is 0 Å². The average Bonchev–Trinajstić information content (AvgIpc) is 2.68. The number of benzene rings is 1. The van der Waals surface area contributed by atoms with Crippen molar-refractivity contribution in [3.63, 3.8) is 0 Å².